The maximum atomic E-state index is 10.7. The van der Waals surface area contributed by atoms with Gasteiger partial charge in [0.25, 0.3) is 5.24 Å². The van der Waals surface area contributed by atoms with Crippen LogP contribution in [0.25, 0.3) is 0 Å². The number of pyridine rings is 1. The van der Waals surface area contributed by atoms with Gasteiger partial charge in [0.05, 0.1) is 5.56 Å². The molecule has 0 aromatic carbocycles. The molecule has 0 saturated carbocycles. The predicted octanol–water partition coefficient (Wildman–Crippen LogP) is 1.64. The van der Waals surface area contributed by atoms with Crippen molar-refractivity contribution in [3.05, 3.63) is 29.1 Å². The highest BCUT2D eigenvalue weighted by molar-refractivity contribution is 6.67. The third kappa shape index (κ3) is 1.60. The molecule has 1 aromatic rings. The monoisotopic (exact) mass is 180 g/mol. The first-order valence-corrected chi connectivity index (χ1v) is 3.59. The number of halogens is 1. The fraction of sp³-hybridized carbons (Fsp3) is 0.125. The smallest absolute Gasteiger partial charge is 0.271 e. The van der Waals surface area contributed by atoms with Gasteiger partial charge in [-0.2, -0.15) is 5.26 Å². The van der Waals surface area contributed by atoms with Crippen molar-refractivity contribution in [3.63, 3.8) is 0 Å². The number of aryl methyl sites for hydroxylation is 1. The standard InChI is InChI=1S/C8H5ClN2O/c1-5-2-6(3-10)4-11-7(5)8(9)12/h2,4H,1H3. The zero-order valence-corrected chi connectivity index (χ0v) is 7.09. The van der Waals surface area contributed by atoms with Crippen molar-refractivity contribution in [2.75, 3.05) is 0 Å². The Kier molecular flexibility index (Phi) is 2.41. The molecule has 0 spiro atoms. The molecular weight excluding hydrogens is 176 g/mol. The highest BCUT2D eigenvalue weighted by Crippen LogP contribution is 2.08. The minimum atomic E-state index is -0.600. The van der Waals surface area contributed by atoms with E-state index in [1.807, 2.05) is 6.07 Å². The minimum absolute atomic E-state index is 0.204. The Labute approximate surface area is 74.6 Å². The van der Waals surface area contributed by atoms with Gasteiger partial charge in [-0.3, -0.25) is 9.78 Å². The number of hydrogen-bond donors (Lipinski definition) is 0. The van der Waals surface area contributed by atoms with Crippen LogP contribution in [0.5, 0.6) is 0 Å². The van der Waals surface area contributed by atoms with E-state index in [2.05, 4.69) is 4.98 Å². The van der Waals surface area contributed by atoms with Crippen LogP contribution in [-0.4, -0.2) is 10.2 Å². The molecular formula is C8H5ClN2O. The average Bonchev–Trinajstić information content (AvgIpc) is 2.03. The molecule has 0 atom stereocenters. The Hall–Kier alpha value is -1.40. The van der Waals surface area contributed by atoms with Crippen LogP contribution in [0, 0.1) is 18.3 Å². The van der Waals surface area contributed by atoms with Crippen LogP contribution in [-0.2, 0) is 0 Å². The van der Waals surface area contributed by atoms with Gasteiger partial charge in [0.15, 0.2) is 0 Å². The van der Waals surface area contributed by atoms with Crippen LogP contribution in [0.3, 0.4) is 0 Å². The molecule has 0 aliphatic carbocycles. The van der Waals surface area contributed by atoms with Crippen molar-refractivity contribution in [2.24, 2.45) is 0 Å². The van der Waals surface area contributed by atoms with Crippen molar-refractivity contribution in [2.45, 2.75) is 6.92 Å². The number of aromatic nitrogens is 1. The molecule has 0 radical (unpaired) electrons. The van der Waals surface area contributed by atoms with Crippen LogP contribution >= 0.6 is 11.6 Å². The van der Waals surface area contributed by atoms with Crippen LogP contribution < -0.4 is 0 Å². The Morgan fingerprint density at radius 2 is 2.42 bits per heavy atom. The minimum Gasteiger partial charge on any atom is -0.274 e. The largest absolute Gasteiger partial charge is 0.274 e. The number of carbonyl (C=O) groups is 1. The van der Waals surface area contributed by atoms with Crippen molar-refractivity contribution in [1.82, 2.24) is 4.98 Å². The second kappa shape index (κ2) is 3.33. The van der Waals surface area contributed by atoms with Crippen molar-refractivity contribution >= 4 is 16.8 Å². The molecule has 0 unspecified atom stereocenters. The molecule has 0 saturated heterocycles. The lowest BCUT2D eigenvalue weighted by Gasteiger charge is -1.97. The van der Waals surface area contributed by atoms with Gasteiger partial charge in [0, 0.05) is 6.20 Å². The first-order chi connectivity index (χ1) is 5.65. The van der Waals surface area contributed by atoms with E-state index in [1.54, 1.807) is 13.0 Å². The van der Waals surface area contributed by atoms with E-state index in [4.69, 9.17) is 16.9 Å². The summed E-state index contributed by atoms with van der Waals surface area (Å²) in [4.78, 5) is 14.4. The molecule has 3 nitrogen and oxygen atoms in total. The molecule has 1 heterocycles. The van der Waals surface area contributed by atoms with Gasteiger partial charge in [-0.05, 0) is 30.2 Å². The van der Waals surface area contributed by atoms with E-state index in [0.29, 0.717) is 11.1 Å². The van der Waals surface area contributed by atoms with Gasteiger partial charge in [-0.15, -0.1) is 0 Å². The molecule has 60 valence electrons. The summed E-state index contributed by atoms with van der Waals surface area (Å²) in [6, 6.07) is 3.49. The summed E-state index contributed by atoms with van der Waals surface area (Å²) >= 11 is 5.22. The van der Waals surface area contributed by atoms with E-state index in [-0.39, 0.29) is 5.69 Å². The summed E-state index contributed by atoms with van der Waals surface area (Å²) in [5.74, 6) is 0. The van der Waals surface area contributed by atoms with Crippen LogP contribution in [0.15, 0.2) is 12.3 Å². The molecule has 12 heavy (non-hydrogen) atoms. The Bertz CT molecular complexity index is 368. The lowest BCUT2D eigenvalue weighted by atomic mass is 10.2. The summed E-state index contributed by atoms with van der Waals surface area (Å²) < 4.78 is 0. The fourth-order valence-corrected chi connectivity index (χ4v) is 1.04. The highest BCUT2D eigenvalue weighted by atomic mass is 35.5. The van der Waals surface area contributed by atoms with E-state index in [0.717, 1.165) is 0 Å². The van der Waals surface area contributed by atoms with Crippen LogP contribution in [0.4, 0.5) is 0 Å². The average molecular weight is 181 g/mol. The molecule has 0 N–H and O–H groups in total. The SMILES string of the molecule is Cc1cc(C#N)cnc1C(=O)Cl. The fourth-order valence-electron chi connectivity index (χ4n) is 0.842. The molecule has 0 aliphatic heterocycles. The van der Waals surface area contributed by atoms with Crippen molar-refractivity contribution in [1.29, 1.82) is 5.26 Å². The predicted molar refractivity (Wildman–Crippen MR) is 43.9 cm³/mol. The molecule has 4 heteroatoms. The summed E-state index contributed by atoms with van der Waals surface area (Å²) in [5, 5.41) is 7.88. The van der Waals surface area contributed by atoms with E-state index < -0.39 is 5.24 Å². The third-order valence-corrected chi connectivity index (χ3v) is 1.57. The Balaban J connectivity index is 3.23. The van der Waals surface area contributed by atoms with Crippen molar-refractivity contribution in [3.8, 4) is 6.07 Å². The zero-order chi connectivity index (χ0) is 9.14. The van der Waals surface area contributed by atoms with E-state index in [1.165, 1.54) is 6.20 Å². The van der Waals surface area contributed by atoms with Gasteiger partial charge in [-0.1, -0.05) is 0 Å². The van der Waals surface area contributed by atoms with Gasteiger partial charge >= 0.3 is 0 Å². The van der Waals surface area contributed by atoms with Crippen LogP contribution in [0.2, 0.25) is 0 Å². The maximum Gasteiger partial charge on any atom is 0.271 e. The molecule has 0 aliphatic rings. The number of nitrogens with zero attached hydrogens (tertiary/aromatic N) is 2. The molecule has 0 fully saturated rings. The quantitative estimate of drug-likeness (QED) is 0.618. The summed E-state index contributed by atoms with van der Waals surface area (Å²) in [5.41, 5.74) is 1.25. The van der Waals surface area contributed by atoms with Gasteiger partial charge in [-0.25, -0.2) is 0 Å². The number of carbonyl (C=O) groups excluding carboxylic acids is 1. The second-order valence-corrected chi connectivity index (χ2v) is 2.62. The van der Waals surface area contributed by atoms with Gasteiger partial charge < -0.3 is 0 Å². The van der Waals surface area contributed by atoms with E-state index >= 15 is 0 Å². The maximum absolute atomic E-state index is 10.7. The highest BCUT2D eigenvalue weighted by Gasteiger charge is 2.07. The normalized spacial score (nSPS) is 9.08. The third-order valence-electron chi connectivity index (χ3n) is 1.39. The molecule has 0 amide bonds. The lowest BCUT2D eigenvalue weighted by Crippen LogP contribution is -1.98. The second-order valence-electron chi connectivity index (χ2n) is 2.28. The number of hydrogen-bond acceptors (Lipinski definition) is 3. The summed E-state index contributed by atoms with van der Waals surface area (Å²) in [7, 11) is 0. The number of nitriles is 1. The number of rotatable bonds is 1. The van der Waals surface area contributed by atoms with Gasteiger partial charge in [0.1, 0.15) is 11.8 Å². The Morgan fingerprint density at radius 3 is 2.83 bits per heavy atom. The summed E-state index contributed by atoms with van der Waals surface area (Å²) in [6.07, 6.45) is 1.32. The van der Waals surface area contributed by atoms with E-state index in [9.17, 15) is 4.79 Å². The molecule has 1 rings (SSSR count). The molecule has 1 aromatic heterocycles. The Morgan fingerprint density at radius 1 is 1.75 bits per heavy atom. The summed E-state index contributed by atoms with van der Waals surface area (Å²) in [6.45, 7) is 1.68. The lowest BCUT2D eigenvalue weighted by molar-refractivity contribution is 0.107. The molecule has 0 bridgehead atoms. The topological polar surface area (TPSA) is 53.8 Å². The van der Waals surface area contributed by atoms with Crippen LogP contribution in [0.1, 0.15) is 21.6 Å². The zero-order valence-electron chi connectivity index (χ0n) is 6.34. The van der Waals surface area contributed by atoms with Crippen molar-refractivity contribution < 1.29 is 4.79 Å². The van der Waals surface area contributed by atoms with Gasteiger partial charge in [0.2, 0.25) is 0 Å². The first kappa shape index (κ1) is 8.69. The first-order valence-electron chi connectivity index (χ1n) is 3.21.